The van der Waals surface area contributed by atoms with Gasteiger partial charge in [-0.05, 0) is 25.0 Å². The zero-order chi connectivity index (χ0) is 19.2. The lowest BCUT2D eigenvalue weighted by molar-refractivity contribution is -0.117. The molecule has 1 N–H and O–H groups in total. The van der Waals surface area contributed by atoms with Gasteiger partial charge in [0, 0.05) is 37.9 Å². The summed E-state index contributed by atoms with van der Waals surface area (Å²) < 4.78 is 5.18. The minimum Gasteiger partial charge on any atom is -0.497 e. The number of amides is 1. The number of nitrogens with one attached hydrogen (secondary N) is 1. The van der Waals surface area contributed by atoms with Crippen LogP contribution >= 0.6 is 11.6 Å². The normalized spacial score (nSPS) is 15.4. The zero-order valence-corrected chi connectivity index (χ0v) is 16.3. The molecule has 144 valence electrons. The molecule has 1 saturated heterocycles. The van der Waals surface area contributed by atoms with Gasteiger partial charge >= 0.3 is 0 Å². The summed E-state index contributed by atoms with van der Waals surface area (Å²) >= 11 is 5.85. The maximum absolute atomic E-state index is 12.3. The van der Waals surface area contributed by atoms with Crippen molar-refractivity contribution in [2.45, 2.75) is 18.9 Å². The highest BCUT2D eigenvalue weighted by molar-refractivity contribution is 6.30. The molecule has 0 spiro atoms. The average molecular weight is 390 g/mol. The number of piperidine rings is 1. The van der Waals surface area contributed by atoms with E-state index in [0.29, 0.717) is 23.6 Å². The lowest BCUT2D eigenvalue weighted by atomic mass is 10.0. The summed E-state index contributed by atoms with van der Waals surface area (Å²) in [6.45, 7) is 2.09. The maximum atomic E-state index is 12.3. The molecule has 0 radical (unpaired) electrons. The number of rotatable bonds is 6. The first-order chi connectivity index (χ1) is 13.0. The first-order valence-electron chi connectivity index (χ1n) is 8.92. The van der Waals surface area contributed by atoms with E-state index in [-0.39, 0.29) is 5.91 Å². The number of aromatic nitrogens is 2. The summed E-state index contributed by atoms with van der Waals surface area (Å²) in [7, 11) is 3.61. The number of hydrogen-bond donors (Lipinski definition) is 1. The topological polar surface area (TPSA) is 70.6 Å². The van der Waals surface area contributed by atoms with Crippen LogP contribution in [0.3, 0.4) is 0 Å². The van der Waals surface area contributed by atoms with Crippen LogP contribution in [0.4, 0.5) is 11.6 Å². The largest absolute Gasteiger partial charge is 0.497 e. The highest BCUT2D eigenvalue weighted by Gasteiger charge is 2.25. The molecule has 1 aromatic heterocycles. The third kappa shape index (κ3) is 5.30. The average Bonchev–Trinajstić information content (AvgIpc) is 2.68. The first-order valence-corrected chi connectivity index (χ1v) is 9.29. The fourth-order valence-corrected chi connectivity index (χ4v) is 3.32. The number of anilines is 2. The predicted molar refractivity (Wildman–Crippen MR) is 107 cm³/mol. The molecule has 27 heavy (non-hydrogen) atoms. The van der Waals surface area contributed by atoms with Crippen molar-refractivity contribution in [3.63, 3.8) is 0 Å². The Balaban J connectivity index is 1.47. The fourth-order valence-electron chi connectivity index (χ4n) is 3.22. The Morgan fingerprint density at radius 3 is 2.70 bits per heavy atom. The second kappa shape index (κ2) is 9.01. The molecule has 7 nitrogen and oxygen atoms in total. The van der Waals surface area contributed by atoms with Crippen molar-refractivity contribution in [3.8, 4) is 5.75 Å². The van der Waals surface area contributed by atoms with E-state index in [2.05, 4.69) is 25.1 Å². The molecule has 0 atom stereocenters. The molecule has 0 saturated carbocycles. The fraction of sp³-hybridized carbons (Fsp3) is 0.421. The summed E-state index contributed by atoms with van der Waals surface area (Å²) in [5.74, 6) is 1.38. The van der Waals surface area contributed by atoms with Gasteiger partial charge in [-0.2, -0.15) is 0 Å². The van der Waals surface area contributed by atoms with Gasteiger partial charge in [-0.25, -0.2) is 9.97 Å². The second-order valence-electron chi connectivity index (χ2n) is 6.60. The molecule has 0 unspecified atom stereocenters. The SMILES string of the molecule is COc1cccc(NC(=O)CN2CCC(N(C)c3ncc(Cl)cn3)CC2)c1. The van der Waals surface area contributed by atoms with Gasteiger partial charge in [0.05, 0.1) is 31.1 Å². The van der Waals surface area contributed by atoms with E-state index in [1.807, 2.05) is 31.3 Å². The van der Waals surface area contributed by atoms with Crippen LogP contribution in [0.15, 0.2) is 36.7 Å². The Hall–Kier alpha value is -2.38. The van der Waals surface area contributed by atoms with Gasteiger partial charge in [0.2, 0.25) is 11.9 Å². The number of nitrogens with zero attached hydrogens (tertiary/aromatic N) is 4. The molecule has 3 rings (SSSR count). The highest BCUT2D eigenvalue weighted by Crippen LogP contribution is 2.20. The Labute approximate surface area is 164 Å². The van der Waals surface area contributed by atoms with Crippen LogP contribution in [-0.2, 0) is 4.79 Å². The molecule has 2 aromatic rings. The molecule has 1 amide bonds. The van der Waals surface area contributed by atoms with Crippen LogP contribution < -0.4 is 15.0 Å². The number of carbonyl (C=O) groups is 1. The number of hydrogen-bond acceptors (Lipinski definition) is 6. The Kier molecular flexibility index (Phi) is 6.47. The van der Waals surface area contributed by atoms with Crippen LogP contribution in [0, 0.1) is 0 Å². The molecule has 0 aliphatic carbocycles. The summed E-state index contributed by atoms with van der Waals surface area (Å²) in [4.78, 5) is 25.1. The van der Waals surface area contributed by atoms with Gasteiger partial charge in [0.25, 0.3) is 0 Å². The van der Waals surface area contributed by atoms with Crippen LogP contribution in [0.1, 0.15) is 12.8 Å². The van der Waals surface area contributed by atoms with Gasteiger partial charge in [0.15, 0.2) is 0 Å². The van der Waals surface area contributed by atoms with E-state index in [1.54, 1.807) is 19.5 Å². The van der Waals surface area contributed by atoms with Crippen LogP contribution in [0.2, 0.25) is 5.02 Å². The lowest BCUT2D eigenvalue weighted by Crippen LogP contribution is -2.46. The predicted octanol–water partition coefficient (Wildman–Crippen LogP) is 2.68. The van der Waals surface area contributed by atoms with E-state index in [4.69, 9.17) is 16.3 Å². The van der Waals surface area contributed by atoms with Gasteiger partial charge in [-0.1, -0.05) is 17.7 Å². The van der Waals surface area contributed by atoms with Crippen molar-refractivity contribution in [1.29, 1.82) is 0 Å². The summed E-state index contributed by atoms with van der Waals surface area (Å²) in [5, 5.41) is 3.46. The van der Waals surface area contributed by atoms with E-state index < -0.39 is 0 Å². The standard InChI is InChI=1S/C19H24ClN5O2/c1-24(19-21-11-14(20)12-22-19)16-6-8-25(9-7-16)13-18(26)23-15-4-3-5-17(10-15)27-2/h3-5,10-12,16H,6-9,13H2,1-2H3,(H,23,26). The molecule has 1 aromatic carbocycles. The Morgan fingerprint density at radius 1 is 1.33 bits per heavy atom. The van der Waals surface area contributed by atoms with Crippen molar-refractivity contribution in [1.82, 2.24) is 14.9 Å². The smallest absolute Gasteiger partial charge is 0.238 e. The third-order valence-electron chi connectivity index (χ3n) is 4.75. The number of likely N-dealkylation sites (tertiary alicyclic amines) is 1. The van der Waals surface area contributed by atoms with E-state index in [1.165, 1.54) is 0 Å². The molecule has 2 heterocycles. The van der Waals surface area contributed by atoms with E-state index in [9.17, 15) is 4.79 Å². The third-order valence-corrected chi connectivity index (χ3v) is 4.94. The molecule has 1 fully saturated rings. The highest BCUT2D eigenvalue weighted by atomic mass is 35.5. The van der Waals surface area contributed by atoms with Gasteiger partial charge < -0.3 is 15.0 Å². The van der Waals surface area contributed by atoms with Crippen LogP contribution in [0.25, 0.3) is 0 Å². The number of methoxy groups -OCH3 is 1. The van der Waals surface area contributed by atoms with Crippen LogP contribution in [-0.4, -0.2) is 60.6 Å². The van der Waals surface area contributed by atoms with Crippen LogP contribution in [0.5, 0.6) is 5.75 Å². The molecule has 1 aliphatic rings. The maximum Gasteiger partial charge on any atom is 0.238 e. The van der Waals surface area contributed by atoms with Crippen molar-refractivity contribution in [2.75, 3.05) is 44.0 Å². The Morgan fingerprint density at radius 2 is 2.04 bits per heavy atom. The lowest BCUT2D eigenvalue weighted by Gasteiger charge is -2.36. The first kappa shape index (κ1) is 19.4. The molecule has 1 aliphatic heterocycles. The molecule has 8 heteroatoms. The van der Waals surface area contributed by atoms with E-state index in [0.717, 1.165) is 37.4 Å². The zero-order valence-electron chi connectivity index (χ0n) is 15.6. The second-order valence-corrected chi connectivity index (χ2v) is 7.04. The minimum atomic E-state index is -0.0175. The molecule has 0 bridgehead atoms. The Bertz CT molecular complexity index is 763. The van der Waals surface area contributed by atoms with Crippen molar-refractivity contribution in [2.24, 2.45) is 0 Å². The summed E-state index contributed by atoms with van der Waals surface area (Å²) in [6, 6.07) is 7.72. The quantitative estimate of drug-likeness (QED) is 0.819. The van der Waals surface area contributed by atoms with Gasteiger partial charge in [0.1, 0.15) is 5.75 Å². The minimum absolute atomic E-state index is 0.0175. The number of halogens is 1. The van der Waals surface area contributed by atoms with Crippen molar-refractivity contribution >= 4 is 29.1 Å². The molecular formula is C19H24ClN5O2. The number of benzene rings is 1. The van der Waals surface area contributed by atoms with Crippen molar-refractivity contribution in [3.05, 3.63) is 41.7 Å². The molecular weight excluding hydrogens is 366 g/mol. The monoisotopic (exact) mass is 389 g/mol. The van der Waals surface area contributed by atoms with Gasteiger partial charge in [-0.15, -0.1) is 0 Å². The van der Waals surface area contributed by atoms with Gasteiger partial charge in [-0.3, -0.25) is 9.69 Å². The summed E-state index contributed by atoms with van der Waals surface area (Å²) in [5.41, 5.74) is 0.744. The van der Waals surface area contributed by atoms with E-state index >= 15 is 0 Å². The number of ether oxygens (including phenoxy) is 1. The summed E-state index contributed by atoms with van der Waals surface area (Å²) in [6.07, 6.45) is 5.13. The number of carbonyl (C=O) groups excluding carboxylic acids is 1. The van der Waals surface area contributed by atoms with Crippen molar-refractivity contribution < 1.29 is 9.53 Å².